The largest absolute Gasteiger partial charge is 0.344 e. The Labute approximate surface area is 143 Å². The van der Waals surface area contributed by atoms with Crippen molar-refractivity contribution in [3.63, 3.8) is 0 Å². The summed E-state index contributed by atoms with van der Waals surface area (Å²) in [6.45, 7) is 2.32. The van der Waals surface area contributed by atoms with E-state index in [0.29, 0.717) is 6.54 Å². The van der Waals surface area contributed by atoms with E-state index in [1.54, 1.807) is 7.05 Å². The van der Waals surface area contributed by atoms with Gasteiger partial charge in [0.1, 0.15) is 5.92 Å². The fraction of sp³-hybridized carbons (Fsp3) is 0.278. The first kappa shape index (κ1) is 17.0. The SMILES string of the molecule is Cc1cccc([C@H]2CN(C)C(=O)[C@@H]2C(=O)Nc2ccc(F)nc2F)c1. The van der Waals surface area contributed by atoms with Gasteiger partial charge in [-0.1, -0.05) is 29.8 Å². The third kappa shape index (κ3) is 3.35. The van der Waals surface area contributed by atoms with Crippen LogP contribution in [0.1, 0.15) is 17.0 Å². The van der Waals surface area contributed by atoms with Gasteiger partial charge in [0.15, 0.2) is 0 Å². The molecule has 0 bridgehead atoms. The van der Waals surface area contributed by atoms with Crippen LogP contribution in [-0.2, 0) is 9.59 Å². The lowest BCUT2D eigenvalue weighted by Gasteiger charge is -2.17. The molecule has 2 aromatic rings. The van der Waals surface area contributed by atoms with Gasteiger partial charge in [0.25, 0.3) is 0 Å². The normalized spacial score (nSPS) is 20.0. The second kappa shape index (κ2) is 6.58. The number of aromatic nitrogens is 1. The maximum absolute atomic E-state index is 13.7. The molecule has 2 atom stereocenters. The Bertz CT molecular complexity index is 841. The first-order valence-electron chi connectivity index (χ1n) is 7.81. The second-order valence-electron chi connectivity index (χ2n) is 6.18. The highest BCUT2D eigenvalue weighted by atomic mass is 19.1. The lowest BCUT2D eigenvalue weighted by molar-refractivity contribution is -0.135. The molecule has 0 unspecified atom stereocenters. The van der Waals surface area contributed by atoms with E-state index in [1.807, 2.05) is 31.2 Å². The van der Waals surface area contributed by atoms with E-state index in [2.05, 4.69) is 10.3 Å². The number of hydrogen-bond acceptors (Lipinski definition) is 3. The molecule has 25 heavy (non-hydrogen) atoms. The van der Waals surface area contributed by atoms with Crippen LogP contribution in [0, 0.1) is 24.7 Å². The summed E-state index contributed by atoms with van der Waals surface area (Å²) in [6.07, 6.45) is 0. The van der Waals surface area contributed by atoms with Crippen LogP contribution in [0.2, 0.25) is 0 Å². The first-order valence-corrected chi connectivity index (χ1v) is 7.81. The Balaban J connectivity index is 1.89. The van der Waals surface area contributed by atoms with Gasteiger partial charge < -0.3 is 10.2 Å². The van der Waals surface area contributed by atoms with Crippen LogP contribution in [-0.4, -0.2) is 35.3 Å². The van der Waals surface area contributed by atoms with Gasteiger partial charge >= 0.3 is 0 Å². The number of hydrogen-bond donors (Lipinski definition) is 1. The molecular weight excluding hydrogens is 328 g/mol. The van der Waals surface area contributed by atoms with Gasteiger partial charge in [-0.05, 0) is 24.6 Å². The van der Waals surface area contributed by atoms with Gasteiger partial charge in [-0.25, -0.2) is 0 Å². The van der Waals surface area contributed by atoms with Crippen molar-refractivity contribution in [1.29, 1.82) is 0 Å². The van der Waals surface area contributed by atoms with Crippen LogP contribution in [0.15, 0.2) is 36.4 Å². The highest BCUT2D eigenvalue weighted by Gasteiger charge is 2.44. The molecule has 0 saturated carbocycles. The number of benzene rings is 1. The smallest absolute Gasteiger partial charge is 0.239 e. The maximum atomic E-state index is 13.7. The molecule has 1 aromatic carbocycles. The minimum atomic E-state index is -1.13. The van der Waals surface area contributed by atoms with Crippen LogP contribution >= 0.6 is 0 Å². The molecule has 3 rings (SSSR count). The number of carbonyl (C=O) groups excluding carboxylic acids is 2. The lowest BCUT2D eigenvalue weighted by atomic mass is 9.87. The predicted octanol–water partition coefficient (Wildman–Crippen LogP) is 2.48. The van der Waals surface area contributed by atoms with E-state index >= 15 is 0 Å². The quantitative estimate of drug-likeness (QED) is 0.687. The summed E-state index contributed by atoms with van der Waals surface area (Å²) in [4.78, 5) is 29.6. The minimum absolute atomic E-state index is 0.253. The van der Waals surface area contributed by atoms with Crippen molar-refractivity contribution in [2.75, 3.05) is 18.9 Å². The zero-order valence-electron chi connectivity index (χ0n) is 13.8. The van der Waals surface area contributed by atoms with E-state index < -0.39 is 23.7 Å². The minimum Gasteiger partial charge on any atom is -0.344 e. The average molecular weight is 345 g/mol. The third-order valence-electron chi connectivity index (χ3n) is 4.34. The van der Waals surface area contributed by atoms with Crippen LogP contribution in [0.5, 0.6) is 0 Å². The number of pyridine rings is 1. The van der Waals surface area contributed by atoms with Gasteiger partial charge in [0, 0.05) is 19.5 Å². The number of carbonyl (C=O) groups is 2. The molecule has 1 aliphatic heterocycles. The van der Waals surface area contributed by atoms with E-state index in [4.69, 9.17) is 0 Å². The Morgan fingerprint density at radius 2 is 2.04 bits per heavy atom. The summed E-state index contributed by atoms with van der Waals surface area (Å²) in [5, 5.41) is 2.35. The molecule has 2 amide bonds. The molecule has 2 heterocycles. The zero-order valence-corrected chi connectivity index (χ0v) is 13.8. The van der Waals surface area contributed by atoms with Gasteiger partial charge in [0.2, 0.25) is 23.7 Å². The second-order valence-corrected chi connectivity index (χ2v) is 6.18. The highest BCUT2D eigenvalue weighted by molar-refractivity contribution is 6.08. The van der Waals surface area contributed by atoms with Crippen LogP contribution in [0.25, 0.3) is 0 Å². The fourth-order valence-corrected chi connectivity index (χ4v) is 3.11. The van der Waals surface area contributed by atoms with Gasteiger partial charge in [-0.15, -0.1) is 0 Å². The summed E-state index contributed by atoms with van der Waals surface area (Å²) >= 11 is 0. The number of amides is 2. The summed E-state index contributed by atoms with van der Waals surface area (Å²) in [5.41, 5.74) is 1.64. The zero-order chi connectivity index (χ0) is 18.1. The van der Waals surface area contributed by atoms with Crippen molar-refractivity contribution in [1.82, 2.24) is 9.88 Å². The summed E-state index contributed by atoms with van der Waals surface area (Å²) < 4.78 is 26.6. The van der Waals surface area contributed by atoms with E-state index in [1.165, 1.54) is 4.90 Å². The van der Waals surface area contributed by atoms with E-state index in [-0.39, 0.29) is 17.5 Å². The van der Waals surface area contributed by atoms with Crippen LogP contribution in [0.4, 0.5) is 14.5 Å². The summed E-state index contributed by atoms with van der Waals surface area (Å²) in [7, 11) is 1.62. The van der Waals surface area contributed by atoms with Gasteiger partial charge in [-0.3, -0.25) is 9.59 Å². The number of aryl methyl sites for hydroxylation is 1. The number of halogens is 2. The molecule has 0 aliphatic carbocycles. The van der Waals surface area contributed by atoms with Gasteiger partial charge in [0.05, 0.1) is 5.69 Å². The number of likely N-dealkylation sites (N-methyl/N-ethyl adjacent to an activating group) is 1. The Kier molecular flexibility index (Phi) is 4.48. The monoisotopic (exact) mass is 345 g/mol. The van der Waals surface area contributed by atoms with Gasteiger partial charge in [-0.2, -0.15) is 13.8 Å². The van der Waals surface area contributed by atoms with Crippen molar-refractivity contribution in [2.45, 2.75) is 12.8 Å². The van der Waals surface area contributed by atoms with Crippen molar-refractivity contribution in [3.8, 4) is 0 Å². The molecular formula is C18H17F2N3O2. The highest BCUT2D eigenvalue weighted by Crippen LogP contribution is 2.34. The molecule has 0 radical (unpaired) electrons. The van der Waals surface area contributed by atoms with Crippen molar-refractivity contribution >= 4 is 17.5 Å². The molecule has 1 N–H and O–H groups in total. The third-order valence-corrected chi connectivity index (χ3v) is 4.34. The van der Waals surface area contributed by atoms with Crippen molar-refractivity contribution in [3.05, 3.63) is 59.4 Å². The molecule has 5 nitrogen and oxygen atoms in total. The Morgan fingerprint density at radius 1 is 1.28 bits per heavy atom. The molecule has 1 saturated heterocycles. The molecule has 7 heteroatoms. The number of nitrogens with zero attached hydrogens (tertiary/aromatic N) is 2. The molecule has 1 aliphatic rings. The van der Waals surface area contributed by atoms with E-state index in [9.17, 15) is 18.4 Å². The standard InChI is InChI=1S/C18H17F2N3O2/c1-10-4-3-5-11(8-10)12-9-23(2)18(25)15(12)17(24)21-13-6-7-14(19)22-16(13)20/h3-8,12,15H,9H2,1-2H3,(H,21,24)/t12-,15+/m1/s1. The Morgan fingerprint density at radius 3 is 2.72 bits per heavy atom. The predicted molar refractivity (Wildman–Crippen MR) is 87.8 cm³/mol. The van der Waals surface area contributed by atoms with Crippen molar-refractivity contribution < 1.29 is 18.4 Å². The maximum Gasteiger partial charge on any atom is 0.239 e. The molecule has 1 fully saturated rings. The molecule has 1 aromatic heterocycles. The number of anilines is 1. The lowest BCUT2D eigenvalue weighted by Crippen LogP contribution is -2.33. The molecule has 0 spiro atoms. The number of likely N-dealkylation sites (tertiary alicyclic amines) is 1. The number of nitrogens with one attached hydrogen (secondary N) is 1. The van der Waals surface area contributed by atoms with Crippen molar-refractivity contribution in [2.24, 2.45) is 5.92 Å². The number of rotatable bonds is 3. The van der Waals surface area contributed by atoms with Crippen LogP contribution < -0.4 is 5.32 Å². The fourth-order valence-electron chi connectivity index (χ4n) is 3.11. The Hall–Kier alpha value is -2.83. The first-order chi connectivity index (χ1) is 11.9. The van der Waals surface area contributed by atoms with E-state index in [0.717, 1.165) is 23.3 Å². The molecule has 130 valence electrons. The summed E-state index contributed by atoms with van der Waals surface area (Å²) in [6, 6.07) is 9.62. The summed E-state index contributed by atoms with van der Waals surface area (Å²) in [5.74, 6) is -4.39. The topological polar surface area (TPSA) is 62.3 Å². The average Bonchev–Trinajstić information content (AvgIpc) is 2.86. The van der Waals surface area contributed by atoms with Crippen LogP contribution in [0.3, 0.4) is 0 Å².